The van der Waals surface area contributed by atoms with Gasteiger partial charge in [-0.2, -0.15) is 38.8 Å². The topological polar surface area (TPSA) is 0 Å². The van der Waals surface area contributed by atoms with E-state index in [2.05, 4.69) is 52.0 Å². The van der Waals surface area contributed by atoms with Gasteiger partial charge in [0.05, 0.1) is 0 Å². The number of allylic oxidation sites excluding steroid dienone is 8. The van der Waals surface area contributed by atoms with Crippen molar-refractivity contribution in [1.82, 2.24) is 0 Å². The number of rotatable bonds is 0. The Morgan fingerprint density at radius 2 is 0.958 bits per heavy atom. The summed E-state index contributed by atoms with van der Waals surface area (Å²) in [6.45, 7) is 18.4. The van der Waals surface area contributed by atoms with Gasteiger partial charge in [0.1, 0.15) is 0 Å². The summed E-state index contributed by atoms with van der Waals surface area (Å²) in [6.07, 6.45) is 16.8. The van der Waals surface area contributed by atoms with Gasteiger partial charge in [0, 0.05) is 0 Å². The van der Waals surface area contributed by atoms with Crippen molar-refractivity contribution < 1.29 is 23.3 Å². The molecule has 0 unspecified atom stereocenters. The zero-order chi connectivity index (χ0) is 18.0. The molecule has 0 aromatic carbocycles. The molecule has 0 amide bonds. The summed E-state index contributed by atoms with van der Waals surface area (Å²) >= 11 is 1.58. The molecule has 0 radical (unpaired) electrons. The van der Waals surface area contributed by atoms with E-state index in [1.807, 2.05) is 47.4 Å². The van der Waals surface area contributed by atoms with Crippen LogP contribution in [0.4, 0.5) is 0 Å². The number of halogens is 2. The van der Waals surface area contributed by atoms with E-state index in [4.69, 9.17) is 0 Å². The van der Waals surface area contributed by atoms with Gasteiger partial charge in [0.15, 0.2) is 0 Å². The molecule has 2 aliphatic rings. The van der Waals surface area contributed by atoms with Crippen LogP contribution in [0.5, 0.6) is 0 Å². The quantitative estimate of drug-likeness (QED) is 0.280. The normalized spacial score (nSPS) is 12.8. The van der Waals surface area contributed by atoms with E-state index in [0.717, 1.165) is 12.8 Å². The van der Waals surface area contributed by atoms with Crippen molar-refractivity contribution in [3.63, 3.8) is 0 Å². The molecule has 0 aromatic heterocycles. The molecule has 0 N–H and O–H groups in total. The van der Waals surface area contributed by atoms with Gasteiger partial charge < -0.3 is 12.8 Å². The van der Waals surface area contributed by atoms with Crippen molar-refractivity contribution in [2.24, 2.45) is 0 Å². The maximum atomic E-state index is 3.19. The van der Waals surface area contributed by atoms with Gasteiger partial charge in [0.25, 0.3) is 0 Å². The molecule has 0 heterocycles. The average molecular weight is 467 g/mol. The Kier molecular flexibility index (Phi) is 42.3. The standard InChI is InChI=1S/2C7H9.2C3H7.2ClH.H2Si.Zr/c2*1-6-3-4-7(2)5-6;2*1-3-2;;;;/h2*5H,3H2,1-2H3;2*3H,1-2H3;2*1H;1H2;/q4*-1;;;;. The molecule has 4 heteroatoms. The molecule has 0 saturated carbocycles. The summed E-state index contributed by atoms with van der Waals surface area (Å²) in [5.74, 6) is 0. The molecule has 2 rings (SSSR count). The van der Waals surface area contributed by atoms with Crippen molar-refractivity contribution in [3.05, 3.63) is 59.4 Å². The van der Waals surface area contributed by atoms with Gasteiger partial charge in [-0.25, -0.2) is 23.3 Å². The van der Waals surface area contributed by atoms with E-state index < -0.39 is 0 Å². The van der Waals surface area contributed by atoms with Crippen LogP contribution in [0.2, 0.25) is 0 Å². The van der Waals surface area contributed by atoms with Gasteiger partial charge in [-0.1, -0.05) is 27.7 Å². The first-order chi connectivity index (χ1) is 10.4. The summed E-state index contributed by atoms with van der Waals surface area (Å²) in [4.78, 5) is 0. The predicted octanol–water partition coefficient (Wildman–Crippen LogP) is 6.56. The third-order valence-corrected chi connectivity index (χ3v) is 2.22. The Labute approximate surface area is 181 Å². The van der Waals surface area contributed by atoms with Crippen LogP contribution in [0.3, 0.4) is 0 Å². The summed E-state index contributed by atoms with van der Waals surface area (Å²) < 4.78 is 0. The minimum atomic E-state index is 0. The van der Waals surface area contributed by atoms with E-state index in [-0.39, 0.29) is 24.8 Å². The molecule has 0 saturated heterocycles. The van der Waals surface area contributed by atoms with Crippen LogP contribution in [0.25, 0.3) is 0 Å². The summed E-state index contributed by atoms with van der Waals surface area (Å²) in [5.41, 5.74) is 5.44. The molecule has 142 valence electrons. The van der Waals surface area contributed by atoms with Crippen LogP contribution < -0.4 is 0 Å². The molecule has 0 bridgehead atoms. The fraction of sp³-hybridized carbons (Fsp3) is 0.500. The van der Waals surface area contributed by atoms with Crippen molar-refractivity contribution >= 4 is 31.7 Å². The first kappa shape index (κ1) is 35.7. The van der Waals surface area contributed by atoms with E-state index in [0.29, 0.717) is 0 Å². The van der Waals surface area contributed by atoms with Gasteiger partial charge in [0.2, 0.25) is 0 Å². The number of hydrogen-bond donors (Lipinski definition) is 0. The SMILES string of the molecule is CC1=[C-]CC(C)=C1.CC1=[C-]CC(C)=C1.C[CH-]C.C[CH-]C.Cl.Cl.[SiH2]=[Zr]. The fourth-order valence-corrected chi connectivity index (χ4v) is 1.50. The Morgan fingerprint density at radius 3 is 1.00 bits per heavy atom. The first-order valence-corrected chi connectivity index (χ1v) is 13.7. The van der Waals surface area contributed by atoms with Gasteiger partial charge in [-0.3, -0.25) is 12.2 Å². The minimum absolute atomic E-state index is 0. The van der Waals surface area contributed by atoms with E-state index >= 15 is 0 Å². The van der Waals surface area contributed by atoms with E-state index in [1.54, 1.807) is 23.3 Å². The van der Waals surface area contributed by atoms with Gasteiger partial charge in [-0.05, 0) is 0 Å². The van der Waals surface area contributed by atoms with Crippen molar-refractivity contribution in [2.75, 3.05) is 0 Å². The summed E-state index contributed by atoms with van der Waals surface area (Å²) in [7, 11) is 0. The van der Waals surface area contributed by atoms with Gasteiger partial charge in [-0.15, -0.1) is 37.7 Å². The molecular formula is C20H36Cl2SiZr-4. The van der Waals surface area contributed by atoms with Crippen LogP contribution in [-0.4, -0.2) is 6.88 Å². The molecule has 0 aromatic rings. The van der Waals surface area contributed by atoms with E-state index in [1.165, 1.54) is 22.3 Å². The second-order valence-electron chi connectivity index (χ2n) is 5.21. The van der Waals surface area contributed by atoms with Crippen molar-refractivity contribution in [1.29, 1.82) is 0 Å². The molecule has 0 nitrogen and oxygen atoms in total. The molecule has 2 aliphatic carbocycles. The molecule has 0 fully saturated rings. The van der Waals surface area contributed by atoms with Crippen molar-refractivity contribution in [3.8, 4) is 0 Å². The maximum absolute atomic E-state index is 3.19. The van der Waals surface area contributed by atoms with Crippen molar-refractivity contribution in [2.45, 2.75) is 68.2 Å². The molecule has 0 atom stereocenters. The summed E-state index contributed by atoms with van der Waals surface area (Å²) in [6, 6.07) is 0. The zero-order valence-corrected chi connectivity index (χ0v) is 22.3. The predicted molar refractivity (Wildman–Crippen MR) is 116 cm³/mol. The average Bonchev–Trinajstić information content (AvgIpc) is 3.02. The Hall–Kier alpha value is 0.640. The molecular weight excluding hydrogens is 430 g/mol. The van der Waals surface area contributed by atoms with Crippen LogP contribution in [-0.2, 0) is 23.3 Å². The van der Waals surface area contributed by atoms with Crippen LogP contribution in [0.1, 0.15) is 68.2 Å². The van der Waals surface area contributed by atoms with Crippen LogP contribution in [0.15, 0.2) is 34.4 Å². The molecule has 24 heavy (non-hydrogen) atoms. The number of hydrogen-bond acceptors (Lipinski definition) is 0. The van der Waals surface area contributed by atoms with Gasteiger partial charge >= 0.3 is 30.2 Å². The fourth-order valence-electron chi connectivity index (χ4n) is 1.50. The van der Waals surface area contributed by atoms with E-state index in [9.17, 15) is 0 Å². The second-order valence-corrected chi connectivity index (χ2v) is 5.21. The third kappa shape index (κ3) is 30.5. The first-order valence-electron chi connectivity index (χ1n) is 7.73. The Bertz CT molecular complexity index is 347. The van der Waals surface area contributed by atoms with Crippen LogP contribution >= 0.6 is 24.8 Å². The third-order valence-electron chi connectivity index (χ3n) is 2.22. The monoisotopic (exact) mass is 464 g/mol. The Balaban J connectivity index is -0.0000000671. The Morgan fingerprint density at radius 1 is 0.750 bits per heavy atom. The second kappa shape index (κ2) is 28.4. The molecule has 0 aliphatic heterocycles. The van der Waals surface area contributed by atoms with Crippen LogP contribution in [0, 0.1) is 25.0 Å². The molecule has 0 spiro atoms. The summed E-state index contributed by atoms with van der Waals surface area (Å²) in [5, 5.41) is 0. The zero-order valence-electron chi connectivity index (χ0n) is 16.7.